The Balaban J connectivity index is 1.76. The van der Waals surface area contributed by atoms with Crippen LogP contribution in [0.4, 0.5) is 0 Å². The maximum absolute atomic E-state index is 11.4. The lowest BCUT2D eigenvalue weighted by Crippen LogP contribution is -2.55. The summed E-state index contributed by atoms with van der Waals surface area (Å²) in [5, 5.41) is 10.2. The third-order valence-electron chi connectivity index (χ3n) is 6.48. The number of rotatable bonds is 3. The first-order valence-electron chi connectivity index (χ1n) is 10.8. The Morgan fingerprint density at radius 2 is 1.45 bits per heavy atom. The molecule has 0 amide bonds. The highest BCUT2D eigenvalue weighted by atomic mass is 16.7. The molecule has 0 aromatic heterocycles. The van der Waals surface area contributed by atoms with Crippen LogP contribution in [-0.2, 0) is 15.6 Å². The molecule has 2 heterocycles. The van der Waals surface area contributed by atoms with Gasteiger partial charge in [0.15, 0.2) is 5.78 Å². The Morgan fingerprint density at radius 3 is 2.00 bits per heavy atom. The van der Waals surface area contributed by atoms with Gasteiger partial charge in [-0.1, -0.05) is 27.7 Å². The van der Waals surface area contributed by atoms with Crippen molar-refractivity contribution in [2.24, 2.45) is 0 Å². The molecule has 0 fully saturated rings. The molecule has 2 aliphatic rings. The number of phenolic OH excluding ortho intramolecular Hbond substituents is 1. The van der Waals surface area contributed by atoms with Gasteiger partial charge in [0.25, 0.3) is 5.79 Å². The number of carbonyl (C=O) groups is 1. The Labute approximate surface area is 184 Å². The average molecular weight is 425 g/mol. The van der Waals surface area contributed by atoms with Crippen LogP contribution in [0.3, 0.4) is 0 Å². The lowest BCUT2D eigenvalue weighted by Gasteiger charge is -2.51. The summed E-state index contributed by atoms with van der Waals surface area (Å²) in [6.07, 6.45) is 1.34. The van der Waals surface area contributed by atoms with Crippen molar-refractivity contribution < 1.29 is 24.1 Å². The summed E-state index contributed by atoms with van der Waals surface area (Å²) >= 11 is 0. The Morgan fingerprint density at radius 1 is 0.935 bits per heavy atom. The number of benzene rings is 2. The SMILES string of the molecule is CC(=O)COc1cc2c(cc1C)OC1(CC(C)(C)c3cc(O)c(C)cc3O1)CC2(C)C. The zero-order valence-electron chi connectivity index (χ0n) is 19.5. The normalized spacial score (nSPS) is 22.7. The topological polar surface area (TPSA) is 65.0 Å². The van der Waals surface area contributed by atoms with Crippen molar-refractivity contribution in [2.75, 3.05) is 6.61 Å². The van der Waals surface area contributed by atoms with Crippen LogP contribution in [0.25, 0.3) is 0 Å². The molecule has 166 valence electrons. The fourth-order valence-electron chi connectivity index (χ4n) is 5.06. The van der Waals surface area contributed by atoms with E-state index in [9.17, 15) is 9.90 Å². The van der Waals surface area contributed by atoms with Crippen molar-refractivity contribution in [1.29, 1.82) is 0 Å². The maximum atomic E-state index is 11.4. The van der Waals surface area contributed by atoms with Crippen LogP contribution in [0, 0.1) is 13.8 Å². The van der Waals surface area contributed by atoms with Crippen LogP contribution >= 0.6 is 0 Å². The van der Waals surface area contributed by atoms with Gasteiger partial charge >= 0.3 is 0 Å². The second-order valence-electron chi connectivity index (χ2n) is 10.5. The number of phenols is 1. The minimum absolute atomic E-state index is 0.00980. The summed E-state index contributed by atoms with van der Waals surface area (Å²) < 4.78 is 18.9. The summed E-state index contributed by atoms with van der Waals surface area (Å²) in [4.78, 5) is 11.4. The van der Waals surface area contributed by atoms with E-state index in [0.29, 0.717) is 18.6 Å². The van der Waals surface area contributed by atoms with E-state index in [0.717, 1.165) is 33.8 Å². The fourth-order valence-corrected chi connectivity index (χ4v) is 5.06. The average Bonchev–Trinajstić information content (AvgIpc) is 2.60. The largest absolute Gasteiger partial charge is 0.508 e. The first-order valence-corrected chi connectivity index (χ1v) is 10.8. The first kappa shape index (κ1) is 21.5. The number of ether oxygens (including phenoxy) is 3. The van der Waals surface area contributed by atoms with Crippen molar-refractivity contribution in [3.05, 3.63) is 46.5 Å². The van der Waals surface area contributed by atoms with Crippen LogP contribution in [0.15, 0.2) is 24.3 Å². The van der Waals surface area contributed by atoms with Crippen LogP contribution in [-0.4, -0.2) is 23.3 Å². The molecule has 31 heavy (non-hydrogen) atoms. The van der Waals surface area contributed by atoms with E-state index >= 15 is 0 Å². The monoisotopic (exact) mass is 424 g/mol. The molecule has 0 radical (unpaired) electrons. The van der Waals surface area contributed by atoms with Crippen LogP contribution in [0.5, 0.6) is 23.0 Å². The molecule has 1 atom stereocenters. The van der Waals surface area contributed by atoms with Gasteiger partial charge in [-0.25, -0.2) is 0 Å². The minimum Gasteiger partial charge on any atom is -0.508 e. The zero-order chi connectivity index (χ0) is 22.8. The fraction of sp³-hybridized carbons (Fsp3) is 0.500. The highest BCUT2D eigenvalue weighted by Gasteiger charge is 2.53. The molecule has 5 nitrogen and oxygen atoms in total. The highest BCUT2D eigenvalue weighted by Crippen LogP contribution is 2.55. The number of aromatic hydroxyl groups is 1. The van der Waals surface area contributed by atoms with Crippen LogP contribution in [0.1, 0.15) is 69.7 Å². The van der Waals surface area contributed by atoms with Gasteiger partial charge in [-0.3, -0.25) is 4.79 Å². The van der Waals surface area contributed by atoms with Crippen molar-refractivity contribution in [3.8, 4) is 23.0 Å². The molecule has 0 saturated heterocycles. The summed E-state index contributed by atoms with van der Waals surface area (Å²) in [6, 6.07) is 7.72. The molecular formula is C26H32O5. The van der Waals surface area contributed by atoms with E-state index in [1.807, 2.05) is 38.1 Å². The lowest BCUT2D eigenvalue weighted by molar-refractivity contribution is -0.166. The Bertz CT molecular complexity index is 1070. The molecule has 0 saturated carbocycles. The summed E-state index contributed by atoms with van der Waals surface area (Å²) in [7, 11) is 0. The Hall–Kier alpha value is -2.69. The number of hydrogen-bond acceptors (Lipinski definition) is 5. The van der Waals surface area contributed by atoms with Gasteiger partial charge in [0.05, 0.1) is 0 Å². The van der Waals surface area contributed by atoms with Crippen molar-refractivity contribution in [2.45, 2.75) is 77.9 Å². The quantitative estimate of drug-likeness (QED) is 0.705. The number of ketones is 1. The van der Waals surface area contributed by atoms with Crippen LogP contribution in [0.2, 0.25) is 0 Å². The molecule has 0 aliphatic carbocycles. The van der Waals surface area contributed by atoms with E-state index in [2.05, 4.69) is 27.7 Å². The molecule has 0 bridgehead atoms. The van der Waals surface area contributed by atoms with Gasteiger partial charge < -0.3 is 19.3 Å². The molecule has 4 rings (SSSR count). The molecule has 1 unspecified atom stereocenters. The standard InChI is InChI=1S/C26H32O5/c1-15-8-22-18(10-20(15)28)24(4,5)13-26(30-22)14-25(6,7)19-11-21(29-12-17(3)27)16(2)9-23(19)31-26/h8-11,28H,12-14H2,1-7H3. The smallest absolute Gasteiger partial charge is 0.252 e. The second-order valence-corrected chi connectivity index (χ2v) is 10.5. The molecule has 1 spiro atoms. The van der Waals surface area contributed by atoms with Gasteiger partial charge in [-0.2, -0.15) is 0 Å². The highest BCUT2D eigenvalue weighted by molar-refractivity contribution is 5.77. The van der Waals surface area contributed by atoms with Crippen LogP contribution < -0.4 is 14.2 Å². The number of hydrogen-bond donors (Lipinski definition) is 1. The lowest BCUT2D eigenvalue weighted by atomic mass is 9.69. The number of fused-ring (bicyclic) bond motifs is 2. The molecular weight excluding hydrogens is 392 g/mol. The Kier molecular flexibility index (Phi) is 4.80. The maximum Gasteiger partial charge on any atom is 0.252 e. The van der Waals surface area contributed by atoms with Gasteiger partial charge in [0, 0.05) is 34.8 Å². The third-order valence-corrected chi connectivity index (χ3v) is 6.48. The van der Waals surface area contributed by atoms with E-state index < -0.39 is 5.79 Å². The third kappa shape index (κ3) is 3.75. The zero-order valence-corrected chi connectivity index (χ0v) is 19.5. The predicted molar refractivity (Wildman–Crippen MR) is 119 cm³/mol. The first-order chi connectivity index (χ1) is 14.3. The number of Topliss-reactive ketones (excluding diaryl/α,β-unsaturated/α-hetero) is 1. The molecule has 2 aromatic carbocycles. The van der Waals surface area contributed by atoms with E-state index in [1.54, 1.807) is 0 Å². The summed E-state index contributed by atoms with van der Waals surface area (Å²) in [5.74, 6) is 1.75. The van der Waals surface area contributed by atoms with E-state index in [-0.39, 0.29) is 29.0 Å². The molecule has 5 heteroatoms. The van der Waals surface area contributed by atoms with Crippen molar-refractivity contribution in [3.63, 3.8) is 0 Å². The van der Waals surface area contributed by atoms with Gasteiger partial charge in [0.1, 0.15) is 29.6 Å². The molecule has 2 aliphatic heterocycles. The minimum atomic E-state index is -0.801. The van der Waals surface area contributed by atoms with Gasteiger partial charge in [-0.15, -0.1) is 0 Å². The van der Waals surface area contributed by atoms with Crippen molar-refractivity contribution in [1.82, 2.24) is 0 Å². The predicted octanol–water partition coefficient (Wildman–Crippen LogP) is 5.49. The number of aryl methyl sites for hydroxylation is 2. The second kappa shape index (κ2) is 6.91. The molecule has 1 N–H and O–H groups in total. The van der Waals surface area contributed by atoms with E-state index in [4.69, 9.17) is 14.2 Å². The number of carbonyl (C=O) groups excluding carboxylic acids is 1. The van der Waals surface area contributed by atoms with Crippen molar-refractivity contribution >= 4 is 5.78 Å². The van der Waals surface area contributed by atoms with Gasteiger partial charge in [0.2, 0.25) is 0 Å². The molecule has 2 aromatic rings. The summed E-state index contributed by atoms with van der Waals surface area (Å²) in [5.41, 5.74) is 3.30. The van der Waals surface area contributed by atoms with E-state index in [1.165, 1.54) is 6.92 Å². The van der Waals surface area contributed by atoms with Gasteiger partial charge in [-0.05, 0) is 56.2 Å². The summed E-state index contributed by atoms with van der Waals surface area (Å²) in [6.45, 7) is 14.1.